The summed E-state index contributed by atoms with van der Waals surface area (Å²) in [6.07, 6.45) is 5.07. The Morgan fingerprint density at radius 2 is 2.18 bits per heavy atom. The Morgan fingerprint density at radius 3 is 3.07 bits per heavy atom. The number of H-pyrrole nitrogens is 1. The second kappa shape index (κ2) is 7.01. The first-order valence-corrected chi connectivity index (χ1v) is 11.4. The van der Waals surface area contributed by atoms with Gasteiger partial charge in [0, 0.05) is 32.4 Å². The SMILES string of the molecule is Cc1[nH]c2ccccc2c1C(=O)CSc1ncnc2sc3c(c12)CC[C@@H](C)C3. The van der Waals surface area contributed by atoms with Crippen LogP contribution in [0.4, 0.5) is 0 Å². The number of nitrogens with zero attached hydrogens (tertiary/aromatic N) is 2. The molecule has 1 aliphatic carbocycles. The van der Waals surface area contributed by atoms with Gasteiger partial charge in [0.05, 0.1) is 5.75 Å². The molecule has 0 unspecified atom stereocenters. The van der Waals surface area contributed by atoms with Crippen molar-refractivity contribution in [2.24, 2.45) is 5.92 Å². The number of aromatic nitrogens is 3. The number of carbonyl (C=O) groups is 1. The van der Waals surface area contributed by atoms with Gasteiger partial charge < -0.3 is 4.98 Å². The first kappa shape index (κ1) is 17.9. The molecule has 1 N–H and O–H groups in total. The molecule has 1 aromatic carbocycles. The number of carbonyl (C=O) groups excluding carboxylic acids is 1. The fourth-order valence-corrected chi connectivity index (χ4v) is 6.51. The highest BCUT2D eigenvalue weighted by Crippen LogP contribution is 2.40. The monoisotopic (exact) mass is 407 g/mol. The number of hydrogen-bond donors (Lipinski definition) is 1. The molecule has 3 aromatic heterocycles. The molecule has 1 atom stereocenters. The Kier molecular flexibility index (Phi) is 4.48. The second-order valence-electron chi connectivity index (χ2n) is 7.59. The quantitative estimate of drug-likeness (QED) is 0.272. The molecular formula is C22H21N3OS2. The van der Waals surface area contributed by atoms with E-state index in [0.717, 1.165) is 50.8 Å². The van der Waals surface area contributed by atoms with Gasteiger partial charge in [-0.2, -0.15) is 0 Å². The third-order valence-corrected chi connectivity index (χ3v) is 7.72. The van der Waals surface area contributed by atoms with Crippen LogP contribution in [-0.4, -0.2) is 26.5 Å². The average molecular weight is 408 g/mol. The van der Waals surface area contributed by atoms with E-state index in [2.05, 4.69) is 21.9 Å². The number of thioether (sulfide) groups is 1. The lowest BCUT2D eigenvalue weighted by atomic mass is 9.89. The molecule has 0 radical (unpaired) electrons. The van der Waals surface area contributed by atoms with Crippen molar-refractivity contribution in [3.63, 3.8) is 0 Å². The summed E-state index contributed by atoms with van der Waals surface area (Å²) in [5.41, 5.74) is 4.16. The van der Waals surface area contributed by atoms with Crippen LogP contribution in [0.3, 0.4) is 0 Å². The molecule has 0 fully saturated rings. The first-order valence-electron chi connectivity index (χ1n) is 9.60. The van der Waals surface area contributed by atoms with E-state index in [0.29, 0.717) is 5.75 Å². The Bertz CT molecular complexity index is 1210. The topological polar surface area (TPSA) is 58.6 Å². The molecule has 4 nitrogen and oxygen atoms in total. The number of aromatic amines is 1. The average Bonchev–Trinajstić information content (AvgIpc) is 3.22. The maximum atomic E-state index is 13.0. The number of fused-ring (bicyclic) bond motifs is 4. The summed E-state index contributed by atoms with van der Waals surface area (Å²) >= 11 is 3.34. The van der Waals surface area contributed by atoms with Crippen LogP contribution in [0, 0.1) is 12.8 Å². The molecule has 1 aliphatic rings. The van der Waals surface area contributed by atoms with Crippen molar-refractivity contribution in [1.29, 1.82) is 0 Å². The lowest BCUT2D eigenvalue weighted by Crippen LogP contribution is -2.09. The van der Waals surface area contributed by atoms with Crippen LogP contribution in [0.2, 0.25) is 0 Å². The van der Waals surface area contributed by atoms with E-state index in [1.165, 1.54) is 22.2 Å². The van der Waals surface area contributed by atoms with Gasteiger partial charge in [-0.3, -0.25) is 4.79 Å². The van der Waals surface area contributed by atoms with Gasteiger partial charge in [-0.25, -0.2) is 9.97 Å². The minimum absolute atomic E-state index is 0.143. The molecular weight excluding hydrogens is 386 g/mol. The molecule has 0 saturated carbocycles. The maximum absolute atomic E-state index is 13.0. The first-order chi connectivity index (χ1) is 13.6. The zero-order chi connectivity index (χ0) is 19.3. The predicted octanol–water partition coefficient (Wildman–Crippen LogP) is 5.58. The van der Waals surface area contributed by atoms with Crippen LogP contribution >= 0.6 is 23.1 Å². The molecule has 0 spiro atoms. The van der Waals surface area contributed by atoms with Crippen molar-refractivity contribution in [2.45, 2.75) is 38.1 Å². The summed E-state index contributed by atoms with van der Waals surface area (Å²) in [4.78, 5) is 27.9. The minimum atomic E-state index is 0.143. The molecule has 3 heterocycles. The number of ketones is 1. The normalized spacial score (nSPS) is 16.6. The van der Waals surface area contributed by atoms with Gasteiger partial charge in [-0.1, -0.05) is 36.9 Å². The van der Waals surface area contributed by atoms with Crippen LogP contribution in [0.15, 0.2) is 35.6 Å². The summed E-state index contributed by atoms with van der Waals surface area (Å²) in [5, 5.41) is 3.13. The van der Waals surface area contributed by atoms with E-state index in [1.54, 1.807) is 29.4 Å². The van der Waals surface area contributed by atoms with Gasteiger partial charge >= 0.3 is 0 Å². The van der Waals surface area contributed by atoms with Crippen molar-refractivity contribution < 1.29 is 4.79 Å². The lowest BCUT2D eigenvalue weighted by Gasteiger charge is -2.18. The molecule has 0 bridgehead atoms. The van der Waals surface area contributed by atoms with Gasteiger partial charge in [0.2, 0.25) is 0 Å². The summed E-state index contributed by atoms with van der Waals surface area (Å²) in [7, 11) is 0. The molecule has 0 saturated heterocycles. The number of Topliss-reactive ketones (excluding diaryl/α,β-unsaturated/α-hetero) is 1. The van der Waals surface area contributed by atoms with E-state index in [1.807, 2.05) is 31.2 Å². The molecule has 5 rings (SSSR count). The standard InChI is InChI=1S/C22H21N3OS2/c1-12-7-8-15-18(9-12)28-22-20(15)21(23-11-24-22)27-10-17(26)19-13(2)25-16-6-4-3-5-14(16)19/h3-6,11-12,25H,7-10H2,1-2H3/t12-/m1/s1. The molecule has 28 heavy (non-hydrogen) atoms. The van der Waals surface area contributed by atoms with Gasteiger partial charge in [-0.15, -0.1) is 11.3 Å². The lowest BCUT2D eigenvalue weighted by molar-refractivity contribution is 0.102. The van der Waals surface area contributed by atoms with Crippen molar-refractivity contribution in [2.75, 3.05) is 5.75 Å². The summed E-state index contributed by atoms with van der Waals surface area (Å²) in [5.74, 6) is 1.26. The highest BCUT2D eigenvalue weighted by atomic mass is 32.2. The number of nitrogens with one attached hydrogen (secondary N) is 1. The highest BCUT2D eigenvalue weighted by molar-refractivity contribution is 8.00. The molecule has 0 aliphatic heterocycles. The van der Waals surface area contributed by atoms with Crippen LogP contribution in [0.1, 0.15) is 39.8 Å². The number of para-hydroxylation sites is 1. The molecule has 4 aromatic rings. The third-order valence-electron chi connectivity index (χ3n) is 5.57. The third kappa shape index (κ3) is 2.95. The Labute approximate surface area is 171 Å². The van der Waals surface area contributed by atoms with Crippen LogP contribution in [-0.2, 0) is 12.8 Å². The fourth-order valence-electron chi connectivity index (χ4n) is 4.20. The maximum Gasteiger partial charge on any atom is 0.175 e. The van der Waals surface area contributed by atoms with Crippen molar-refractivity contribution in [1.82, 2.24) is 15.0 Å². The van der Waals surface area contributed by atoms with Crippen molar-refractivity contribution in [3.05, 3.63) is 52.3 Å². The van der Waals surface area contributed by atoms with E-state index < -0.39 is 0 Å². The number of aryl methyl sites for hydroxylation is 2. The summed E-state index contributed by atoms with van der Waals surface area (Å²) in [6, 6.07) is 7.99. The molecule has 0 amide bonds. The van der Waals surface area contributed by atoms with Gasteiger partial charge in [-0.05, 0) is 43.7 Å². The zero-order valence-electron chi connectivity index (χ0n) is 15.9. The smallest absolute Gasteiger partial charge is 0.175 e. The largest absolute Gasteiger partial charge is 0.358 e. The number of hydrogen-bond acceptors (Lipinski definition) is 5. The highest BCUT2D eigenvalue weighted by Gasteiger charge is 2.24. The van der Waals surface area contributed by atoms with Crippen LogP contribution in [0.5, 0.6) is 0 Å². The summed E-state index contributed by atoms with van der Waals surface area (Å²) in [6.45, 7) is 4.29. The van der Waals surface area contributed by atoms with Crippen molar-refractivity contribution in [3.8, 4) is 0 Å². The van der Waals surface area contributed by atoms with Crippen LogP contribution in [0.25, 0.3) is 21.1 Å². The number of rotatable bonds is 4. The molecule has 6 heteroatoms. The van der Waals surface area contributed by atoms with E-state index >= 15 is 0 Å². The Hall–Kier alpha value is -2.18. The van der Waals surface area contributed by atoms with E-state index in [9.17, 15) is 4.79 Å². The van der Waals surface area contributed by atoms with Crippen molar-refractivity contribution >= 4 is 50.0 Å². The van der Waals surface area contributed by atoms with Gasteiger partial charge in [0.25, 0.3) is 0 Å². The second-order valence-corrected chi connectivity index (χ2v) is 9.64. The molecule has 142 valence electrons. The predicted molar refractivity (Wildman–Crippen MR) is 117 cm³/mol. The zero-order valence-corrected chi connectivity index (χ0v) is 17.5. The van der Waals surface area contributed by atoms with Gasteiger partial charge in [0.1, 0.15) is 16.2 Å². The fraction of sp³-hybridized carbons (Fsp3) is 0.318. The Morgan fingerprint density at radius 1 is 1.32 bits per heavy atom. The van der Waals surface area contributed by atoms with Gasteiger partial charge in [0.15, 0.2) is 5.78 Å². The number of thiophene rings is 1. The summed E-state index contributed by atoms with van der Waals surface area (Å²) < 4.78 is 0. The van der Waals surface area contributed by atoms with Crippen LogP contribution < -0.4 is 0 Å². The van der Waals surface area contributed by atoms with E-state index in [-0.39, 0.29) is 5.78 Å². The Balaban J connectivity index is 1.46. The number of benzene rings is 1. The van der Waals surface area contributed by atoms with E-state index in [4.69, 9.17) is 0 Å². The minimum Gasteiger partial charge on any atom is -0.358 e.